The SMILES string of the molecule is CN1CCC(Sc2nncs2)C1=O. The van der Waals surface area contributed by atoms with Crippen molar-refractivity contribution in [2.75, 3.05) is 13.6 Å². The van der Waals surface area contributed by atoms with E-state index in [4.69, 9.17) is 0 Å². The maximum absolute atomic E-state index is 11.5. The molecule has 0 saturated carbocycles. The fourth-order valence-corrected chi connectivity index (χ4v) is 3.06. The Balaban J connectivity index is 2.00. The van der Waals surface area contributed by atoms with E-state index in [0.717, 1.165) is 17.3 Å². The lowest BCUT2D eigenvalue weighted by atomic mass is 10.4. The van der Waals surface area contributed by atoms with Crippen molar-refractivity contribution >= 4 is 29.0 Å². The molecule has 13 heavy (non-hydrogen) atoms. The van der Waals surface area contributed by atoms with Crippen molar-refractivity contribution in [3.8, 4) is 0 Å². The Kier molecular flexibility index (Phi) is 2.50. The van der Waals surface area contributed by atoms with Gasteiger partial charge in [-0.3, -0.25) is 4.79 Å². The van der Waals surface area contributed by atoms with Crippen molar-refractivity contribution in [3.05, 3.63) is 5.51 Å². The molecular formula is C7H9N3OS2. The minimum atomic E-state index is 0.0537. The van der Waals surface area contributed by atoms with Gasteiger partial charge in [-0.1, -0.05) is 23.1 Å². The fraction of sp³-hybridized carbons (Fsp3) is 0.571. The fourth-order valence-electron chi connectivity index (χ4n) is 1.24. The van der Waals surface area contributed by atoms with Crippen LogP contribution in [-0.2, 0) is 4.79 Å². The summed E-state index contributed by atoms with van der Waals surface area (Å²) in [7, 11) is 1.84. The number of carbonyl (C=O) groups excluding carboxylic acids is 1. The molecule has 0 aliphatic carbocycles. The van der Waals surface area contributed by atoms with Gasteiger partial charge in [0.2, 0.25) is 5.91 Å². The second kappa shape index (κ2) is 3.63. The van der Waals surface area contributed by atoms with E-state index in [1.165, 1.54) is 23.1 Å². The molecule has 0 N–H and O–H groups in total. The van der Waals surface area contributed by atoms with E-state index < -0.39 is 0 Å². The Morgan fingerprint density at radius 2 is 2.62 bits per heavy atom. The molecule has 1 saturated heterocycles. The molecule has 0 spiro atoms. The van der Waals surface area contributed by atoms with E-state index in [9.17, 15) is 4.79 Å². The number of aromatic nitrogens is 2. The first kappa shape index (κ1) is 8.96. The van der Waals surface area contributed by atoms with Gasteiger partial charge in [0.25, 0.3) is 0 Å². The number of amides is 1. The highest BCUT2D eigenvalue weighted by molar-refractivity contribution is 8.02. The largest absolute Gasteiger partial charge is 0.345 e. The van der Waals surface area contributed by atoms with Crippen molar-refractivity contribution in [2.45, 2.75) is 16.0 Å². The summed E-state index contributed by atoms with van der Waals surface area (Å²) in [6, 6.07) is 0. The number of hydrogen-bond acceptors (Lipinski definition) is 5. The number of rotatable bonds is 2. The second-order valence-electron chi connectivity index (χ2n) is 2.86. The van der Waals surface area contributed by atoms with Crippen molar-refractivity contribution < 1.29 is 4.79 Å². The molecule has 1 aromatic heterocycles. The monoisotopic (exact) mass is 215 g/mol. The third-order valence-electron chi connectivity index (χ3n) is 1.96. The molecule has 1 aliphatic rings. The zero-order chi connectivity index (χ0) is 9.26. The zero-order valence-corrected chi connectivity index (χ0v) is 8.77. The molecule has 1 amide bonds. The van der Waals surface area contributed by atoms with E-state index in [-0.39, 0.29) is 11.2 Å². The van der Waals surface area contributed by atoms with Crippen LogP contribution in [0.5, 0.6) is 0 Å². The molecule has 1 aromatic rings. The number of carbonyl (C=O) groups is 1. The van der Waals surface area contributed by atoms with Gasteiger partial charge in [0.05, 0.1) is 5.25 Å². The summed E-state index contributed by atoms with van der Waals surface area (Å²) >= 11 is 3.01. The molecule has 1 aliphatic heterocycles. The predicted octanol–water partition coefficient (Wildman–Crippen LogP) is 0.861. The summed E-state index contributed by atoms with van der Waals surface area (Å²) in [5, 5.41) is 7.68. The number of hydrogen-bond donors (Lipinski definition) is 0. The van der Waals surface area contributed by atoms with Crippen LogP contribution in [0, 0.1) is 0 Å². The summed E-state index contributed by atoms with van der Waals surface area (Å²) in [6.07, 6.45) is 0.916. The minimum absolute atomic E-state index is 0.0537. The van der Waals surface area contributed by atoms with E-state index >= 15 is 0 Å². The Morgan fingerprint density at radius 1 is 1.77 bits per heavy atom. The van der Waals surface area contributed by atoms with Crippen LogP contribution in [0.25, 0.3) is 0 Å². The first-order valence-corrected chi connectivity index (χ1v) is 5.71. The molecule has 4 nitrogen and oxygen atoms in total. The lowest BCUT2D eigenvalue weighted by molar-refractivity contribution is -0.126. The molecule has 1 atom stereocenters. The maximum atomic E-state index is 11.5. The third-order valence-corrected chi connectivity index (χ3v) is 4.03. The van der Waals surface area contributed by atoms with E-state index in [2.05, 4.69) is 10.2 Å². The Hall–Kier alpha value is -0.620. The third kappa shape index (κ3) is 1.83. The summed E-state index contributed by atoms with van der Waals surface area (Å²) in [4.78, 5) is 13.3. The van der Waals surface area contributed by atoms with Crippen LogP contribution in [-0.4, -0.2) is 39.8 Å². The average molecular weight is 215 g/mol. The van der Waals surface area contributed by atoms with Gasteiger partial charge >= 0.3 is 0 Å². The molecule has 0 aromatic carbocycles. The van der Waals surface area contributed by atoms with Crippen LogP contribution in [0.1, 0.15) is 6.42 Å². The minimum Gasteiger partial charge on any atom is -0.345 e. The van der Waals surface area contributed by atoms with Crippen molar-refractivity contribution in [1.29, 1.82) is 0 Å². The van der Waals surface area contributed by atoms with Gasteiger partial charge in [0, 0.05) is 13.6 Å². The highest BCUT2D eigenvalue weighted by Gasteiger charge is 2.30. The maximum Gasteiger partial charge on any atom is 0.235 e. The van der Waals surface area contributed by atoms with Crippen LogP contribution < -0.4 is 0 Å². The zero-order valence-electron chi connectivity index (χ0n) is 7.14. The van der Waals surface area contributed by atoms with Crippen LogP contribution in [0.15, 0.2) is 9.85 Å². The molecule has 6 heteroatoms. The average Bonchev–Trinajstić information content (AvgIpc) is 2.71. The van der Waals surface area contributed by atoms with E-state index in [0.29, 0.717) is 0 Å². The molecule has 1 fully saturated rings. The van der Waals surface area contributed by atoms with Crippen LogP contribution in [0.3, 0.4) is 0 Å². The topological polar surface area (TPSA) is 46.1 Å². The van der Waals surface area contributed by atoms with E-state index in [1.54, 1.807) is 10.4 Å². The first-order valence-electron chi connectivity index (χ1n) is 3.95. The van der Waals surface area contributed by atoms with Gasteiger partial charge in [-0.05, 0) is 6.42 Å². The lowest BCUT2D eigenvalue weighted by Gasteiger charge is -2.07. The summed E-state index contributed by atoms with van der Waals surface area (Å²) in [6.45, 7) is 0.856. The van der Waals surface area contributed by atoms with Crippen LogP contribution >= 0.6 is 23.1 Å². The van der Waals surface area contributed by atoms with E-state index in [1.807, 2.05) is 7.05 Å². The highest BCUT2D eigenvalue weighted by Crippen LogP contribution is 2.30. The summed E-state index contributed by atoms with van der Waals surface area (Å²) in [5.41, 5.74) is 1.69. The number of likely N-dealkylation sites (tertiary alicyclic amines) is 1. The number of nitrogens with zero attached hydrogens (tertiary/aromatic N) is 3. The lowest BCUT2D eigenvalue weighted by Crippen LogP contribution is -2.23. The smallest absolute Gasteiger partial charge is 0.235 e. The van der Waals surface area contributed by atoms with Gasteiger partial charge in [0.1, 0.15) is 5.51 Å². The predicted molar refractivity (Wildman–Crippen MR) is 51.8 cm³/mol. The van der Waals surface area contributed by atoms with Crippen LogP contribution in [0.2, 0.25) is 0 Å². The first-order chi connectivity index (χ1) is 6.27. The second-order valence-corrected chi connectivity index (χ2v) is 5.14. The molecule has 2 heterocycles. The summed E-state index contributed by atoms with van der Waals surface area (Å²) in [5.74, 6) is 0.209. The molecule has 0 radical (unpaired) electrons. The van der Waals surface area contributed by atoms with Gasteiger partial charge < -0.3 is 4.90 Å². The summed E-state index contributed by atoms with van der Waals surface area (Å²) < 4.78 is 0.883. The Labute approximate surface area is 84.3 Å². The van der Waals surface area contributed by atoms with Gasteiger partial charge in [-0.2, -0.15) is 0 Å². The van der Waals surface area contributed by atoms with Gasteiger partial charge in [0.15, 0.2) is 4.34 Å². The van der Waals surface area contributed by atoms with Gasteiger partial charge in [-0.15, -0.1) is 10.2 Å². The van der Waals surface area contributed by atoms with Crippen molar-refractivity contribution in [1.82, 2.24) is 15.1 Å². The number of thioether (sulfide) groups is 1. The molecular weight excluding hydrogens is 206 g/mol. The molecule has 1 unspecified atom stereocenters. The van der Waals surface area contributed by atoms with Crippen molar-refractivity contribution in [2.24, 2.45) is 0 Å². The molecule has 2 rings (SSSR count). The quantitative estimate of drug-likeness (QED) is 0.734. The van der Waals surface area contributed by atoms with Crippen LogP contribution in [0.4, 0.5) is 0 Å². The Bertz CT molecular complexity index is 301. The standard InChI is InChI=1S/C7H9N3OS2/c1-10-3-2-5(6(10)11)13-7-9-8-4-12-7/h4-5H,2-3H2,1H3. The van der Waals surface area contributed by atoms with Crippen molar-refractivity contribution in [3.63, 3.8) is 0 Å². The highest BCUT2D eigenvalue weighted by atomic mass is 32.2. The molecule has 70 valence electrons. The van der Waals surface area contributed by atoms with Gasteiger partial charge in [-0.25, -0.2) is 0 Å². The normalized spacial score (nSPS) is 22.7. The Morgan fingerprint density at radius 3 is 3.15 bits per heavy atom. The molecule has 0 bridgehead atoms.